The number of aromatic nitrogens is 2. The van der Waals surface area contributed by atoms with Crippen molar-refractivity contribution in [3.63, 3.8) is 0 Å². The van der Waals surface area contributed by atoms with E-state index in [2.05, 4.69) is 20.6 Å². The molecule has 160 valence electrons. The minimum Gasteiger partial charge on any atom is -0.486 e. The van der Waals surface area contributed by atoms with Gasteiger partial charge >= 0.3 is 0 Å². The summed E-state index contributed by atoms with van der Waals surface area (Å²) in [6.45, 7) is 2.83. The number of pyridine rings is 1. The first-order valence-electron chi connectivity index (χ1n) is 9.91. The van der Waals surface area contributed by atoms with Crippen LogP contribution in [-0.4, -0.2) is 35.0 Å². The molecule has 9 heteroatoms. The average molecular weight is 446 g/mol. The maximum absolute atomic E-state index is 13.1. The Labute approximate surface area is 187 Å². The molecule has 4 aromatic rings. The molecule has 8 nitrogen and oxygen atoms in total. The minimum absolute atomic E-state index is 0.318. The first kappa shape index (κ1) is 20.0. The molecule has 2 aromatic carbocycles. The smallest absolute Gasteiger partial charge is 0.259 e. The van der Waals surface area contributed by atoms with Crippen LogP contribution in [0.25, 0.3) is 10.2 Å². The van der Waals surface area contributed by atoms with Gasteiger partial charge in [-0.25, -0.2) is 4.98 Å². The molecule has 0 fully saturated rings. The number of nitrogens with one attached hydrogen (secondary N) is 2. The Morgan fingerprint density at radius 2 is 1.72 bits per heavy atom. The number of rotatable bonds is 4. The van der Waals surface area contributed by atoms with Gasteiger partial charge in [0.15, 0.2) is 16.6 Å². The van der Waals surface area contributed by atoms with Crippen molar-refractivity contribution >= 4 is 44.2 Å². The number of amides is 2. The van der Waals surface area contributed by atoms with Crippen LogP contribution in [0, 0.1) is 6.92 Å². The van der Waals surface area contributed by atoms with Crippen LogP contribution < -0.4 is 20.1 Å². The van der Waals surface area contributed by atoms with E-state index in [4.69, 9.17) is 9.47 Å². The van der Waals surface area contributed by atoms with Crippen LogP contribution in [0.2, 0.25) is 0 Å². The lowest BCUT2D eigenvalue weighted by molar-refractivity contribution is 0.102. The third-order valence-electron chi connectivity index (χ3n) is 4.97. The molecule has 0 saturated heterocycles. The van der Waals surface area contributed by atoms with E-state index in [9.17, 15) is 9.59 Å². The van der Waals surface area contributed by atoms with Crippen LogP contribution in [0.1, 0.15) is 26.3 Å². The maximum Gasteiger partial charge on any atom is 0.259 e. The zero-order valence-corrected chi connectivity index (χ0v) is 17.9. The second-order valence-electron chi connectivity index (χ2n) is 7.12. The van der Waals surface area contributed by atoms with Crippen molar-refractivity contribution < 1.29 is 19.1 Å². The third-order valence-corrected chi connectivity index (χ3v) is 5.90. The van der Waals surface area contributed by atoms with Gasteiger partial charge in [-0.2, -0.15) is 0 Å². The average Bonchev–Trinajstić information content (AvgIpc) is 3.20. The van der Waals surface area contributed by atoms with E-state index < -0.39 is 0 Å². The molecule has 2 amide bonds. The molecule has 0 radical (unpaired) electrons. The highest BCUT2D eigenvalue weighted by Gasteiger charge is 2.19. The lowest BCUT2D eigenvalue weighted by Gasteiger charge is -2.17. The van der Waals surface area contributed by atoms with Crippen LogP contribution >= 0.6 is 11.3 Å². The largest absolute Gasteiger partial charge is 0.486 e. The molecule has 1 aliphatic heterocycles. The summed E-state index contributed by atoms with van der Waals surface area (Å²) in [6, 6.07) is 12.2. The molecule has 0 spiro atoms. The van der Waals surface area contributed by atoms with Gasteiger partial charge in [0.2, 0.25) is 0 Å². The SMILES string of the molecule is Cc1cccc(C(=O)Nc2nc3cc4c(cc3s2)OCCO4)c1NC(=O)c1ccncc1. The van der Waals surface area contributed by atoms with Gasteiger partial charge in [0, 0.05) is 30.1 Å². The number of hydrogen-bond donors (Lipinski definition) is 2. The van der Waals surface area contributed by atoms with Gasteiger partial charge in [-0.3, -0.25) is 19.9 Å². The van der Waals surface area contributed by atoms with Gasteiger partial charge in [-0.1, -0.05) is 23.5 Å². The number of benzene rings is 2. The number of fused-ring (bicyclic) bond motifs is 2. The number of carbonyl (C=O) groups is 2. The molecule has 0 bridgehead atoms. The number of carbonyl (C=O) groups excluding carboxylic acids is 2. The molecule has 0 aliphatic carbocycles. The van der Waals surface area contributed by atoms with E-state index in [1.807, 2.05) is 25.1 Å². The van der Waals surface area contributed by atoms with E-state index in [-0.39, 0.29) is 11.8 Å². The van der Waals surface area contributed by atoms with Crippen LogP contribution in [0.3, 0.4) is 0 Å². The molecule has 32 heavy (non-hydrogen) atoms. The third kappa shape index (κ3) is 3.85. The second-order valence-corrected chi connectivity index (χ2v) is 8.15. The summed E-state index contributed by atoms with van der Waals surface area (Å²) in [5, 5.41) is 6.14. The Balaban J connectivity index is 1.41. The van der Waals surface area contributed by atoms with Crippen molar-refractivity contribution in [3.8, 4) is 11.5 Å². The zero-order chi connectivity index (χ0) is 22.1. The number of ether oxygens (including phenoxy) is 2. The zero-order valence-electron chi connectivity index (χ0n) is 17.0. The standard InChI is InChI=1S/C23H18N4O4S/c1-13-3-2-4-15(20(13)26-21(28)14-5-7-24-8-6-14)22(29)27-23-25-16-11-17-18(12-19(16)32-23)31-10-9-30-17/h2-8,11-12H,9-10H2,1H3,(H,26,28)(H,25,27,29). The fraction of sp³-hybridized carbons (Fsp3) is 0.130. The van der Waals surface area contributed by atoms with Crippen molar-refractivity contribution in [1.29, 1.82) is 0 Å². The van der Waals surface area contributed by atoms with Crippen molar-refractivity contribution in [2.75, 3.05) is 23.8 Å². The van der Waals surface area contributed by atoms with Gasteiger partial charge in [0.1, 0.15) is 13.2 Å². The number of nitrogens with zero attached hydrogens (tertiary/aromatic N) is 2. The van der Waals surface area contributed by atoms with Gasteiger partial charge in [0.05, 0.1) is 21.5 Å². The highest BCUT2D eigenvalue weighted by atomic mass is 32.1. The quantitative estimate of drug-likeness (QED) is 0.485. The molecule has 0 atom stereocenters. The number of anilines is 2. The highest BCUT2D eigenvalue weighted by molar-refractivity contribution is 7.22. The van der Waals surface area contributed by atoms with Gasteiger partial charge < -0.3 is 14.8 Å². The highest BCUT2D eigenvalue weighted by Crippen LogP contribution is 2.38. The second kappa shape index (κ2) is 8.27. The predicted octanol–water partition coefficient (Wildman–Crippen LogP) is 4.28. The van der Waals surface area contributed by atoms with E-state index in [1.165, 1.54) is 11.3 Å². The molecule has 2 aromatic heterocycles. The molecular weight excluding hydrogens is 428 g/mol. The fourth-order valence-corrected chi connectivity index (χ4v) is 4.27. The van der Waals surface area contributed by atoms with Gasteiger partial charge in [-0.15, -0.1) is 0 Å². The molecule has 2 N–H and O–H groups in total. The Kier molecular flexibility index (Phi) is 5.16. The van der Waals surface area contributed by atoms with Crippen molar-refractivity contribution in [1.82, 2.24) is 9.97 Å². The monoisotopic (exact) mass is 446 g/mol. The van der Waals surface area contributed by atoms with Gasteiger partial charge in [0.25, 0.3) is 11.8 Å². The Bertz CT molecular complexity index is 1290. The molecule has 1 aliphatic rings. The fourth-order valence-electron chi connectivity index (χ4n) is 3.39. The van der Waals surface area contributed by atoms with Crippen molar-refractivity contribution in [3.05, 3.63) is 71.5 Å². The summed E-state index contributed by atoms with van der Waals surface area (Å²) in [7, 11) is 0. The van der Waals surface area contributed by atoms with Crippen molar-refractivity contribution in [2.24, 2.45) is 0 Å². The number of aryl methyl sites for hydroxylation is 1. The summed E-state index contributed by atoms with van der Waals surface area (Å²) in [5.41, 5.74) is 2.73. The molecule has 5 rings (SSSR count). The number of thiazole rings is 1. The normalized spacial score (nSPS) is 12.4. The molecule has 0 unspecified atom stereocenters. The lowest BCUT2D eigenvalue weighted by atomic mass is 10.1. The summed E-state index contributed by atoms with van der Waals surface area (Å²) >= 11 is 1.34. The van der Waals surface area contributed by atoms with E-state index in [1.54, 1.807) is 36.7 Å². The van der Waals surface area contributed by atoms with Crippen molar-refractivity contribution in [2.45, 2.75) is 6.92 Å². The summed E-state index contributed by atoms with van der Waals surface area (Å²) in [6.07, 6.45) is 3.09. The maximum atomic E-state index is 13.1. The van der Waals surface area contributed by atoms with Crippen LogP contribution in [0.4, 0.5) is 10.8 Å². The lowest BCUT2D eigenvalue weighted by Crippen LogP contribution is -2.19. The summed E-state index contributed by atoms with van der Waals surface area (Å²) < 4.78 is 12.1. The minimum atomic E-state index is -0.366. The van der Waals surface area contributed by atoms with Crippen LogP contribution in [0.5, 0.6) is 11.5 Å². The predicted molar refractivity (Wildman–Crippen MR) is 122 cm³/mol. The molecule has 0 saturated carbocycles. The van der Waals surface area contributed by atoms with E-state index in [0.29, 0.717) is 52.2 Å². The molecular formula is C23H18N4O4S. The first-order valence-corrected chi connectivity index (χ1v) is 10.7. The first-order chi connectivity index (χ1) is 15.6. The van der Waals surface area contributed by atoms with E-state index in [0.717, 1.165) is 10.3 Å². The van der Waals surface area contributed by atoms with Gasteiger partial charge in [-0.05, 0) is 30.7 Å². The number of para-hydroxylation sites is 1. The van der Waals surface area contributed by atoms with E-state index >= 15 is 0 Å². The Morgan fingerprint density at radius 3 is 2.50 bits per heavy atom. The topological polar surface area (TPSA) is 102 Å². The van der Waals surface area contributed by atoms with Crippen LogP contribution in [0.15, 0.2) is 54.9 Å². The Hall–Kier alpha value is -3.98. The molecule has 3 heterocycles. The number of hydrogen-bond acceptors (Lipinski definition) is 7. The Morgan fingerprint density at radius 1 is 0.969 bits per heavy atom. The summed E-state index contributed by atoms with van der Waals surface area (Å²) in [4.78, 5) is 34.1. The summed E-state index contributed by atoms with van der Waals surface area (Å²) in [5.74, 6) is 0.633. The van der Waals surface area contributed by atoms with Crippen LogP contribution in [-0.2, 0) is 0 Å².